The van der Waals surface area contributed by atoms with Gasteiger partial charge < -0.3 is 0 Å². The molecule has 0 aromatic heterocycles. The molecule has 5 heteroatoms. The van der Waals surface area contributed by atoms with Crippen molar-refractivity contribution < 1.29 is 8.42 Å². The van der Waals surface area contributed by atoms with Crippen LogP contribution in [0.5, 0.6) is 0 Å². The zero-order chi connectivity index (χ0) is 13.4. The van der Waals surface area contributed by atoms with Crippen LogP contribution in [0.1, 0.15) is 19.4 Å². The molecule has 4 nitrogen and oxygen atoms in total. The van der Waals surface area contributed by atoms with Crippen molar-refractivity contribution in [3.63, 3.8) is 0 Å². The van der Waals surface area contributed by atoms with Crippen molar-refractivity contribution in [3.8, 4) is 0 Å². The largest absolute Gasteiger partial charge is 0.320 e. The molecule has 0 spiro atoms. The molecule has 1 aliphatic heterocycles. The SMILES string of the molecule is C=C[C@@H](C)[C@@]1(C)NS(=O)(=O)N=C1c1ccccc1. The van der Waals surface area contributed by atoms with Crippen LogP contribution in [0.15, 0.2) is 47.4 Å². The first kappa shape index (κ1) is 13.0. The average molecular weight is 264 g/mol. The van der Waals surface area contributed by atoms with Gasteiger partial charge in [0.1, 0.15) is 0 Å². The van der Waals surface area contributed by atoms with Gasteiger partial charge in [0.15, 0.2) is 0 Å². The summed E-state index contributed by atoms with van der Waals surface area (Å²) in [4.78, 5) is 0. The van der Waals surface area contributed by atoms with Gasteiger partial charge in [-0.25, -0.2) is 0 Å². The normalized spacial score (nSPS) is 27.6. The van der Waals surface area contributed by atoms with E-state index in [1.54, 1.807) is 6.08 Å². The molecular weight excluding hydrogens is 248 g/mol. The number of rotatable bonds is 3. The molecule has 2 rings (SSSR count). The summed E-state index contributed by atoms with van der Waals surface area (Å²) >= 11 is 0. The van der Waals surface area contributed by atoms with Crippen molar-refractivity contribution in [1.29, 1.82) is 0 Å². The fraction of sp³-hybridized carbons (Fsp3) is 0.308. The fourth-order valence-corrected chi connectivity index (χ4v) is 3.45. The second-order valence-corrected chi connectivity index (χ2v) is 5.95. The third-order valence-corrected chi connectivity index (χ3v) is 4.46. The lowest BCUT2D eigenvalue weighted by Gasteiger charge is -2.30. The summed E-state index contributed by atoms with van der Waals surface area (Å²) in [6, 6.07) is 9.32. The number of nitrogens with zero attached hydrogens (tertiary/aromatic N) is 1. The molecule has 1 N–H and O–H groups in total. The first-order valence-electron chi connectivity index (χ1n) is 5.71. The Morgan fingerprint density at radius 2 is 2.00 bits per heavy atom. The molecule has 1 aliphatic rings. The summed E-state index contributed by atoms with van der Waals surface area (Å²) in [5, 5.41) is 0. The molecule has 2 atom stereocenters. The van der Waals surface area contributed by atoms with Gasteiger partial charge in [0.05, 0.1) is 11.3 Å². The Labute approximate surface area is 108 Å². The van der Waals surface area contributed by atoms with Crippen LogP contribution in [-0.4, -0.2) is 19.7 Å². The lowest BCUT2D eigenvalue weighted by atomic mass is 9.81. The van der Waals surface area contributed by atoms with E-state index >= 15 is 0 Å². The highest BCUT2D eigenvalue weighted by Gasteiger charge is 2.45. The summed E-state index contributed by atoms with van der Waals surface area (Å²) in [5.41, 5.74) is 0.597. The summed E-state index contributed by atoms with van der Waals surface area (Å²) in [6.45, 7) is 7.48. The quantitative estimate of drug-likeness (QED) is 0.848. The minimum Gasteiger partial charge on any atom is -0.187 e. The Kier molecular flexibility index (Phi) is 3.12. The van der Waals surface area contributed by atoms with E-state index in [9.17, 15) is 8.42 Å². The van der Waals surface area contributed by atoms with Crippen molar-refractivity contribution >= 4 is 15.9 Å². The van der Waals surface area contributed by atoms with Crippen LogP contribution in [0.3, 0.4) is 0 Å². The number of hydrogen-bond acceptors (Lipinski definition) is 2. The number of hydrogen-bond donors (Lipinski definition) is 1. The van der Waals surface area contributed by atoms with Crippen molar-refractivity contribution in [2.75, 3.05) is 0 Å². The number of nitrogens with one attached hydrogen (secondary N) is 1. The molecule has 0 saturated heterocycles. The van der Waals surface area contributed by atoms with Gasteiger partial charge in [-0.05, 0) is 18.4 Å². The highest BCUT2D eigenvalue weighted by atomic mass is 32.2. The monoisotopic (exact) mass is 264 g/mol. The van der Waals surface area contributed by atoms with Crippen molar-refractivity contribution in [3.05, 3.63) is 48.6 Å². The zero-order valence-electron chi connectivity index (χ0n) is 10.4. The molecule has 0 saturated carbocycles. The highest BCUT2D eigenvalue weighted by Crippen LogP contribution is 2.30. The molecule has 0 fully saturated rings. The molecule has 0 amide bonds. The van der Waals surface area contributed by atoms with Crippen LogP contribution in [0.25, 0.3) is 0 Å². The lowest BCUT2D eigenvalue weighted by Crippen LogP contribution is -2.50. The molecule has 1 aromatic carbocycles. The van der Waals surface area contributed by atoms with Gasteiger partial charge in [0.25, 0.3) is 0 Å². The molecular formula is C13H16N2O2S. The lowest BCUT2D eigenvalue weighted by molar-refractivity contribution is 0.452. The van der Waals surface area contributed by atoms with Crippen LogP contribution in [0.4, 0.5) is 0 Å². The molecule has 0 radical (unpaired) electrons. The molecule has 0 aliphatic carbocycles. The Bertz CT molecular complexity index is 593. The van der Waals surface area contributed by atoms with Gasteiger partial charge in [-0.3, -0.25) is 0 Å². The Balaban J connectivity index is 2.58. The molecule has 1 heterocycles. The van der Waals surface area contributed by atoms with Crippen molar-refractivity contribution in [2.24, 2.45) is 10.3 Å². The fourth-order valence-electron chi connectivity index (χ4n) is 2.05. The minimum atomic E-state index is -3.62. The zero-order valence-corrected chi connectivity index (χ0v) is 11.2. The first-order chi connectivity index (χ1) is 8.39. The first-order valence-corrected chi connectivity index (χ1v) is 7.15. The maximum absolute atomic E-state index is 11.7. The predicted octanol–water partition coefficient (Wildman–Crippen LogP) is 1.90. The Hall–Kier alpha value is -1.46. The molecule has 0 unspecified atom stereocenters. The smallest absolute Gasteiger partial charge is 0.187 e. The average Bonchev–Trinajstić information content (AvgIpc) is 2.60. The van der Waals surface area contributed by atoms with Crippen molar-refractivity contribution in [1.82, 2.24) is 4.72 Å². The van der Waals surface area contributed by atoms with Crippen LogP contribution in [0.2, 0.25) is 0 Å². The van der Waals surface area contributed by atoms with Crippen LogP contribution in [-0.2, 0) is 10.2 Å². The third-order valence-electron chi connectivity index (χ3n) is 3.36. The predicted molar refractivity (Wildman–Crippen MR) is 72.8 cm³/mol. The maximum atomic E-state index is 11.7. The second-order valence-electron chi connectivity index (χ2n) is 4.61. The minimum absolute atomic E-state index is 0.0614. The Morgan fingerprint density at radius 3 is 2.56 bits per heavy atom. The van der Waals surface area contributed by atoms with Crippen LogP contribution < -0.4 is 4.72 Å². The van der Waals surface area contributed by atoms with Gasteiger partial charge in [0.2, 0.25) is 0 Å². The second kappa shape index (κ2) is 4.33. The van der Waals surface area contributed by atoms with E-state index in [1.165, 1.54) is 0 Å². The molecule has 18 heavy (non-hydrogen) atoms. The van der Waals surface area contributed by atoms with E-state index in [4.69, 9.17) is 0 Å². The van der Waals surface area contributed by atoms with E-state index in [1.807, 2.05) is 44.2 Å². The van der Waals surface area contributed by atoms with Gasteiger partial charge in [-0.15, -0.1) is 6.58 Å². The molecule has 96 valence electrons. The summed E-state index contributed by atoms with van der Waals surface area (Å²) < 4.78 is 29.9. The summed E-state index contributed by atoms with van der Waals surface area (Å²) in [7, 11) is -3.62. The van der Waals surface area contributed by atoms with E-state index in [2.05, 4.69) is 15.7 Å². The standard InChI is InChI=1S/C13H16N2O2S/c1-4-10(2)13(3)12(14-18(16,17)15-13)11-8-6-5-7-9-11/h4-10,15H,1H2,2-3H3/t10-,13-/m1/s1. The van der Waals surface area contributed by atoms with Crippen LogP contribution in [0, 0.1) is 5.92 Å². The summed E-state index contributed by atoms with van der Waals surface area (Å²) in [6.07, 6.45) is 1.73. The Morgan fingerprint density at radius 1 is 1.39 bits per heavy atom. The van der Waals surface area contributed by atoms with Gasteiger partial charge >= 0.3 is 10.2 Å². The van der Waals surface area contributed by atoms with Crippen LogP contribution >= 0.6 is 0 Å². The number of benzene rings is 1. The van der Waals surface area contributed by atoms with E-state index in [0.29, 0.717) is 5.71 Å². The van der Waals surface area contributed by atoms with Gasteiger partial charge in [0, 0.05) is 0 Å². The van der Waals surface area contributed by atoms with E-state index in [0.717, 1.165) is 5.56 Å². The van der Waals surface area contributed by atoms with Crippen molar-refractivity contribution in [2.45, 2.75) is 19.4 Å². The highest BCUT2D eigenvalue weighted by molar-refractivity contribution is 7.88. The molecule has 1 aromatic rings. The third kappa shape index (κ3) is 2.11. The van der Waals surface area contributed by atoms with Gasteiger partial charge in [-0.1, -0.05) is 43.3 Å². The summed E-state index contributed by atoms with van der Waals surface area (Å²) in [5.74, 6) is -0.0614. The van der Waals surface area contributed by atoms with Gasteiger partial charge in [-0.2, -0.15) is 17.5 Å². The van der Waals surface area contributed by atoms with E-state index < -0.39 is 15.7 Å². The topological polar surface area (TPSA) is 58.5 Å². The molecule has 0 bridgehead atoms. The van der Waals surface area contributed by atoms with E-state index in [-0.39, 0.29) is 5.92 Å². The maximum Gasteiger partial charge on any atom is 0.320 e.